The van der Waals surface area contributed by atoms with Crippen LogP contribution in [0.1, 0.15) is 53.9 Å². The van der Waals surface area contributed by atoms with E-state index >= 15 is 0 Å². The molecule has 0 aromatic carbocycles. The average molecular weight is 228 g/mol. The molecule has 0 amide bonds. The van der Waals surface area contributed by atoms with Crippen LogP contribution in [-0.4, -0.2) is 37.1 Å². The van der Waals surface area contributed by atoms with Gasteiger partial charge in [-0.15, -0.1) is 0 Å². The third-order valence-electron chi connectivity index (χ3n) is 3.68. The molecule has 0 fully saturated rings. The van der Waals surface area contributed by atoms with E-state index in [1.807, 2.05) is 0 Å². The summed E-state index contributed by atoms with van der Waals surface area (Å²) in [6.45, 7) is 12.6. The predicted molar refractivity (Wildman–Crippen MR) is 73.9 cm³/mol. The van der Waals surface area contributed by atoms with Crippen molar-refractivity contribution in [2.24, 2.45) is 5.92 Å². The fourth-order valence-electron chi connectivity index (χ4n) is 1.84. The van der Waals surface area contributed by atoms with Crippen LogP contribution in [0.4, 0.5) is 0 Å². The highest BCUT2D eigenvalue weighted by Gasteiger charge is 2.30. The van der Waals surface area contributed by atoms with Gasteiger partial charge in [0.05, 0.1) is 0 Å². The lowest BCUT2D eigenvalue weighted by atomic mass is 9.87. The van der Waals surface area contributed by atoms with Gasteiger partial charge in [0.25, 0.3) is 0 Å². The van der Waals surface area contributed by atoms with Gasteiger partial charge in [-0.1, -0.05) is 20.8 Å². The molecule has 1 atom stereocenters. The highest BCUT2D eigenvalue weighted by Crippen LogP contribution is 2.21. The second-order valence-corrected chi connectivity index (χ2v) is 6.03. The summed E-state index contributed by atoms with van der Waals surface area (Å²) >= 11 is 0. The van der Waals surface area contributed by atoms with Gasteiger partial charge in [0.15, 0.2) is 0 Å². The van der Waals surface area contributed by atoms with Gasteiger partial charge in [0, 0.05) is 11.6 Å². The topological polar surface area (TPSA) is 15.3 Å². The summed E-state index contributed by atoms with van der Waals surface area (Å²) in [4.78, 5) is 2.33. The SMILES string of the molecule is CCCNC(CCC(C)C)C(C)(C)N(C)C. The molecule has 2 heteroatoms. The second-order valence-electron chi connectivity index (χ2n) is 6.03. The molecule has 2 nitrogen and oxygen atoms in total. The fraction of sp³-hybridized carbons (Fsp3) is 1.00. The van der Waals surface area contributed by atoms with E-state index in [0.717, 1.165) is 12.5 Å². The Morgan fingerprint density at radius 3 is 2.06 bits per heavy atom. The summed E-state index contributed by atoms with van der Waals surface area (Å²) in [5.74, 6) is 0.795. The molecule has 1 unspecified atom stereocenters. The molecule has 16 heavy (non-hydrogen) atoms. The first kappa shape index (κ1) is 15.9. The van der Waals surface area contributed by atoms with Crippen LogP contribution in [0.3, 0.4) is 0 Å². The van der Waals surface area contributed by atoms with Gasteiger partial charge < -0.3 is 10.2 Å². The van der Waals surface area contributed by atoms with Crippen LogP contribution in [0.5, 0.6) is 0 Å². The van der Waals surface area contributed by atoms with E-state index in [0.29, 0.717) is 6.04 Å². The summed E-state index contributed by atoms with van der Waals surface area (Å²) in [5, 5.41) is 3.70. The third-order valence-corrected chi connectivity index (χ3v) is 3.68. The first-order chi connectivity index (χ1) is 7.32. The molecule has 0 saturated heterocycles. The Labute approximate surface area is 103 Å². The lowest BCUT2D eigenvalue weighted by Gasteiger charge is -2.41. The zero-order valence-corrected chi connectivity index (χ0v) is 12.4. The van der Waals surface area contributed by atoms with Crippen LogP contribution in [0.15, 0.2) is 0 Å². The van der Waals surface area contributed by atoms with Gasteiger partial charge in [0.2, 0.25) is 0 Å². The van der Waals surface area contributed by atoms with Crippen LogP contribution < -0.4 is 5.32 Å². The van der Waals surface area contributed by atoms with Crippen molar-refractivity contribution < 1.29 is 0 Å². The molecule has 0 saturated carbocycles. The minimum absolute atomic E-state index is 0.226. The van der Waals surface area contributed by atoms with E-state index in [2.05, 4.69) is 58.9 Å². The fourth-order valence-corrected chi connectivity index (χ4v) is 1.84. The maximum absolute atomic E-state index is 3.70. The Kier molecular flexibility index (Phi) is 7.25. The lowest BCUT2D eigenvalue weighted by Crippen LogP contribution is -2.55. The second kappa shape index (κ2) is 7.29. The molecule has 0 aromatic heterocycles. The Bertz CT molecular complexity index is 174. The van der Waals surface area contributed by atoms with Crippen molar-refractivity contribution >= 4 is 0 Å². The highest BCUT2D eigenvalue weighted by molar-refractivity contribution is 4.91. The Hall–Kier alpha value is -0.0800. The molecule has 0 heterocycles. The van der Waals surface area contributed by atoms with Crippen LogP contribution in [-0.2, 0) is 0 Å². The molecule has 0 aliphatic heterocycles. The molecule has 1 N–H and O–H groups in total. The van der Waals surface area contributed by atoms with Gasteiger partial charge in [-0.25, -0.2) is 0 Å². The van der Waals surface area contributed by atoms with Gasteiger partial charge in [0.1, 0.15) is 0 Å². The van der Waals surface area contributed by atoms with E-state index < -0.39 is 0 Å². The molecule has 0 aliphatic carbocycles. The van der Waals surface area contributed by atoms with E-state index in [1.165, 1.54) is 19.3 Å². The smallest absolute Gasteiger partial charge is 0.0300 e. The number of nitrogens with zero attached hydrogens (tertiary/aromatic N) is 1. The van der Waals surface area contributed by atoms with Gasteiger partial charge in [-0.3, -0.25) is 0 Å². The number of likely N-dealkylation sites (N-methyl/N-ethyl adjacent to an activating group) is 1. The largest absolute Gasteiger partial charge is 0.312 e. The average Bonchev–Trinajstić information content (AvgIpc) is 2.16. The van der Waals surface area contributed by atoms with E-state index in [4.69, 9.17) is 0 Å². The monoisotopic (exact) mass is 228 g/mol. The highest BCUT2D eigenvalue weighted by atomic mass is 15.2. The van der Waals surface area contributed by atoms with E-state index in [1.54, 1.807) is 0 Å². The molecule has 0 rings (SSSR count). The number of hydrogen-bond acceptors (Lipinski definition) is 2. The van der Waals surface area contributed by atoms with Crippen molar-refractivity contribution in [3.8, 4) is 0 Å². The number of hydrogen-bond donors (Lipinski definition) is 1. The van der Waals surface area contributed by atoms with Crippen LogP contribution in [0, 0.1) is 5.92 Å². The normalized spacial score (nSPS) is 14.8. The van der Waals surface area contributed by atoms with Crippen LogP contribution in [0.25, 0.3) is 0 Å². The molecule has 0 aromatic rings. The first-order valence-corrected chi connectivity index (χ1v) is 6.73. The Morgan fingerprint density at radius 2 is 1.69 bits per heavy atom. The summed E-state index contributed by atoms with van der Waals surface area (Å²) < 4.78 is 0. The summed E-state index contributed by atoms with van der Waals surface area (Å²) in [5.41, 5.74) is 0.226. The van der Waals surface area contributed by atoms with Gasteiger partial charge in [-0.2, -0.15) is 0 Å². The van der Waals surface area contributed by atoms with E-state index in [-0.39, 0.29) is 5.54 Å². The minimum atomic E-state index is 0.226. The molecule has 0 aliphatic rings. The van der Waals surface area contributed by atoms with Crippen molar-refractivity contribution in [3.05, 3.63) is 0 Å². The van der Waals surface area contributed by atoms with Crippen molar-refractivity contribution in [2.75, 3.05) is 20.6 Å². The van der Waals surface area contributed by atoms with Gasteiger partial charge >= 0.3 is 0 Å². The quantitative estimate of drug-likeness (QED) is 0.686. The summed E-state index contributed by atoms with van der Waals surface area (Å²) in [6.07, 6.45) is 3.78. The van der Waals surface area contributed by atoms with Crippen LogP contribution >= 0.6 is 0 Å². The minimum Gasteiger partial charge on any atom is -0.312 e. The maximum Gasteiger partial charge on any atom is 0.0300 e. The standard InChI is InChI=1S/C14H32N2/c1-8-11-15-13(10-9-12(2)3)14(4,5)16(6)7/h12-13,15H,8-11H2,1-7H3. The van der Waals surface area contributed by atoms with Crippen LogP contribution in [0.2, 0.25) is 0 Å². The van der Waals surface area contributed by atoms with Crippen molar-refractivity contribution in [1.82, 2.24) is 10.2 Å². The number of rotatable bonds is 8. The van der Waals surface area contributed by atoms with Crippen molar-refractivity contribution in [3.63, 3.8) is 0 Å². The summed E-state index contributed by atoms with van der Waals surface area (Å²) in [7, 11) is 4.35. The molecule has 98 valence electrons. The van der Waals surface area contributed by atoms with Crippen molar-refractivity contribution in [2.45, 2.75) is 65.5 Å². The predicted octanol–water partition coefficient (Wildman–Crippen LogP) is 3.13. The molecule has 0 bridgehead atoms. The molecular formula is C14H32N2. The molecular weight excluding hydrogens is 196 g/mol. The lowest BCUT2D eigenvalue weighted by molar-refractivity contribution is 0.128. The first-order valence-electron chi connectivity index (χ1n) is 6.73. The van der Waals surface area contributed by atoms with E-state index in [9.17, 15) is 0 Å². The van der Waals surface area contributed by atoms with Crippen molar-refractivity contribution in [1.29, 1.82) is 0 Å². The van der Waals surface area contributed by atoms with Gasteiger partial charge in [-0.05, 0) is 59.7 Å². The molecule has 0 radical (unpaired) electrons. The zero-order chi connectivity index (χ0) is 12.8. The number of nitrogens with one attached hydrogen (secondary N) is 1. The Balaban J connectivity index is 4.39. The molecule has 0 spiro atoms. The third kappa shape index (κ3) is 5.31. The summed E-state index contributed by atoms with van der Waals surface area (Å²) in [6, 6.07) is 0.588. The maximum atomic E-state index is 3.70. The Morgan fingerprint density at radius 1 is 1.12 bits per heavy atom. The zero-order valence-electron chi connectivity index (χ0n) is 12.4.